The largest absolute Gasteiger partial charge is 0.489 e. The Hall–Kier alpha value is -2.05. The van der Waals surface area contributed by atoms with Crippen molar-refractivity contribution in [3.63, 3.8) is 0 Å². The zero-order chi connectivity index (χ0) is 15.7. The minimum Gasteiger partial charge on any atom is -0.489 e. The maximum absolute atomic E-state index is 13.1. The first-order valence-corrected chi connectivity index (χ1v) is 8.42. The van der Waals surface area contributed by atoms with Crippen molar-refractivity contribution in [2.45, 2.75) is 12.5 Å². The highest BCUT2D eigenvalue weighted by Crippen LogP contribution is 2.39. The number of anilines is 1. The average Bonchev–Trinajstić information content (AvgIpc) is 2.53. The summed E-state index contributed by atoms with van der Waals surface area (Å²) in [5, 5.41) is 9.57. The minimum atomic E-state index is -3.81. The second-order valence-corrected chi connectivity index (χ2v) is 6.97. The first-order chi connectivity index (χ1) is 10.6. The summed E-state index contributed by atoms with van der Waals surface area (Å²) in [6.45, 7) is 3.64. The van der Waals surface area contributed by atoms with E-state index < -0.39 is 16.1 Å². The van der Waals surface area contributed by atoms with E-state index in [1.165, 1.54) is 4.31 Å². The Kier molecular flexibility index (Phi) is 3.80. The Bertz CT molecular complexity index is 764. The van der Waals surface area contributed by atoms with Crippen LogP contribution in [0.5, 0.6) is 5.75 Å². The lowest BCUT2D eigenvalue weighted by atomic mass is 10.1. The summed E-state index contributed by atoms with van der Waals surface area (Å²) in [6, 6.07) is 6.27. The lowest BCUT2D eigenvalue weighted by Crippen LogP contribution is -2.49. The van der Waals surface area contributed by atoms with Crippen molar-refractivity contribution in [2.75, 3.05) is 17.5 Å². The monoisotopic (exact) mass is 319 g/mol. The summed E-state index contributed by atoms with van der Waals surface area (Å²) in [5.74, 6) is 0.494. The molecule has 0 spiro atoms. The maximum Gasteiger partial charge on any atom is 0.265 e. The van der Waals surface area contributed by atoms with Crippen molar-refractivity contribution < 1.29 is 18.3 Å². The van der Waals surface area contributed by atoms with Gasteiger partial charge in [0.1, 0.15) is 18.4 Å². The van der Waals surface area contributed by atoms with E-state index in [0.717, 1.165) is 0 Å². The molecule has 1 aliphatic carbocycles. The molecule has 0 saturated carbocycles. The van der Waals surface area contributed by atoms with E-state index in [2.05, 4.69) is 6.58 Å². The number of para-hydroxylation sites is 2. The van der Waals surface area contributed by atoms with Crippen molar-refractivity contribution in [2.24, 2.45) is 0 Å². The molecule has 0 fully saturated rings. The molecule has 0 bridgehead atoms. The van der Waals surface area contributed by atoms with Crippen LogP contribution in [0.4, 0.5) is 5.69 Å². The number of benzene rings is 1. The molecule has 0 saturated heterocycles. The van der Waals surface area contributed by atoms with Gasteiger partial charge in [-0.3, -0.25) is 4.31 Å². The number of fused-ring (bicyclic) bond motifs is 1. The third-order valence-electron chi connectivity index (χ3n) is 3.71. The fourth-order valence-electron chi connectivity index (χ4n) is 2.62. The molecule has 0 radical (unpaired) electrons. The molecule has 22 heavy (non-hydrogen) atoms. The van der Waals surface area contributed by atoms with Crippen LogP contribution in [0.15, 0.2) is 59.6 Å². The predicted molar refractivity (Wildman–Crippen MR) is 85.2 cm³/mol. The molecule has 2 aliphatic rings. The van der Waals surface area contributed by atoms with Crippen LogP contribution in [-0.2, 0) is 10.0 Å². The quantitative estimate of drug-likeness (QED) is 0.925. The van der Waals surface area contributed by atoms with Gasteiger partial charge in [0.25, 0.3) is 10.0 Å². The van der Waals surface area contributed by atoms with E-state index in [4.69, 9.17) is 4.74 Å². The molecule has 1 unspecified atom stereocenters. The van der Waals surface area contributed by atoms with Gasteiger partial charge in [0.2, 0.25) is 0 Å². The van der Waals surface area contributed by atoms with Gasteiger partial charge in [0.05, 0.1) is 17.2 Å². The van der Waals surface area contributed by atoms with Crippen molar-refractivity contribution in [3.8, 4) is 5.75 Å². The molecule has 5 nitrogen and oxygen atoms in total. The first kappa shape index (κ1) is 14.9. The molecule has 0 amide bonds. The Balaban J connectivity index is 2.13. The van der Waals surface area contributed by atoms with Gasteiger partial charge >= 0.3 is 0 Å². The van der Waals surface area contributed by atoms with Crippen LogP contribution in [0.1, 0.15) is 6.42 Å². The van der Waals surface area contributed by atoms with Gasteiger partial charge in [0, 0.05) is 0 Å². The van der Waals surface area contributed by atoms with Crippen LogP contribution in [0, 0.1) is 0 Å². The van der Waals surface area contributed by atoms with Gasteiger partial charge in [-0.2, -0.15) is 0 Å². The predicted octanol–water partition coefficient (Wildman–Crippen LogP) is 1.98. The number of aliphatic hydroxyl groups is 1. The summed E-state index contributed by atoms with van der Waals surface area (Å²) in [5.41, 5.74) is 0.985. The fourth-order valence-corrected chi connectivity index (χ4v) is 4.46. The van der Waals surface area contributed by atoms with Crippen LogP contribution >= 0.6 is 0 Å². The molecule has 1 atom stereocenters. The number of ether oxygens (including phenoxy) is 1. The molecular weight excluding hydrogens is 302 g/mol. The number of hydrogen-bond donors (Lipinski definition) is 1. The summed E-state index contributed by atoms with van der Waals surface area (Å²) in [4.78, 5) is 0.185. The van der Waals surface area contributed by atoms with E-state index in [0.29, 0.717) is 23.4 Å². The number of allylic oxidation sites excluding steroid dienone is 4. The summed E-state index contributed by atoms with van der Waals surface area (Å²) in [7, 11) is -3.81. The van der Waals surface area contributed by atoms with Crippen molar-refractivity contribution in [1.29, 1.82) is 0 Å². The van der Waals surface area contributed by atoms with Crippen molar-refractivity contribution in [1.82, 2.24) is 0 Å². The highest BCUT2D eigenvalue weighted by molar-refractivity contribution is 7.96. The Morgan fingerprint density at radius 1 is 1.36 bits per heavy atom. The number of hydrogen-bond acceptors (Lipinski definition) is 4. The number of sulfonamides is 1. The molecular formula is C16H17NO4S. The minimum absolute atomic E-state index is 0.113. The van der Waals surface area contributed by atoms with Gasteiger partial charge in [-0.25, -0.2) is 8.42 Å². The highest BCUT2D eigenvalue weighted by Gasteiger charge is 2.38. The van der Waals surface area contributed by atoms with E-state index in [1.54, 1.807) is 36.4 Å². The highest BCUT2D eigenvalue weighted by atomic mass is 32.2. The van der Waals surface area contributed by atoms with E-state index in [9.17, 15) is 13.5 Å². The molecule has 1 aliphatic heterocycles. The maximum atomic E-state index is 13.1. The average molecular weight is 319 g/mol. The van der Waals surface area contributed by atoms with Crippen LogP contribution in [0.2, 0.25) is 0 Å². The van der Waals surface area contributed by atoms with Gasteiger partial charge in [-0.1, -0.05) is 30.9 Å². The third kappa shape index (κ3) is 2.34. The third-order valence-corrected chi connectivity index (χ3v) is 5.70. The lowest BCUT2D eigenvalue weighted by Gasteiger charge is -2.37. The van der Waals surface area contributed by atoms with Crippen LogP contribution in [-0.4, -0.2) is 32.8 Å². The lowest BCUT2D eigenvalue weighted by molar-refractivity contribution is 0.198. The molecule has 3 rings (SSSR count). The zero-order valence-electron chi connectivity index (χ0n) is 12.0. The smallest absolute Gasteiger partial charge is 0.265 e. The normalized spacial score (nSPS) is 21.1. The second kappa shape index (κ2) is 5.62. The molecule has 1 aromatic rings. The number of aliphatic hydroxyl groups excluding tert-OH is 1. The van der Waals surface area contributed by atoms with Crippen molar-refractivity contribution >= 4 is 15.7 Å². The SMILES string of the molecule is C=C1CC=CC=C1S(=O)(=O)N1c2ccccc2OCC1CO. The standard InChI is InChI=1S/C16H17NO4S/c1-12-6-2-5-9-16(12)22(19,20)17-13(10-18)11-21-15-8-4-3-7-14(15)17/h2-5,7-9,13,18H,1,6,10-11H2. The molecule has 1 N–H and O–H groups in total. The molecule has 6 heteroatoms. The topological polar surface area (TPSA) is 66.8 Å². The Morgan fingerprint density at radius 3 is 2.86 bits per heavy atom. The van der Waals surface area contributed by atoms with E-state index >= 15 is 0 Å². The van der Waals surface area contributed by atoms with Crippen LogP contribution < -0.4 is 9.04 Å². The van der Waals surface area contributed by atoms with Gasteiger partial charge in [-0.05, 0) is 30.2 Å². The van der Waals surface area contributed by atoms with Crippen LogP contribution in [0.25, 0.3) is 0 Å². The number of nitrogens with zero attached hydrogens (tertiary/aromatic N) is 1. The second-order valence-electron chi connectivity index (χ2n) is 5.18. The Labute approximate surface area is 129 Å². The van der Waals surface area contributed by atoms with E-state index in [1.807, 2.05) is 6.08 Å². The fraction of sp³-hybridized carbons (Fsp3) is 0.250. The Morgan fingerprint density at radius 2 is 2.14 bits per heavy atom. The van der Waals surface area contributed by atoms with Gasteiger partial charge in [-0.15, -0.1) is 0 Å². The molecule has 0 aromatic heterocycles. The summed E-state index contributed by atoms with van der Waals surface area (Å²) in [6.07, 6.45) is 5.62. The van der Waals surface area contributed by atoms with Crippen LogP contribution in [0.3, 0.4) is 0 Å². The molecule has 1 aromatic carbocycles. The molecule has 1 heterocycles. The summed E-state index contributed by atoms with van der Waals surface area (Å²) >= 11 is 0. The van der Waals surface area contributed by atoms with E-state index in [-0.39, 0.29) is 18.1 Å². The zero-order valence-corrected chi connectivity index (χ0v) is 12.8. The van der Waals surface area contributed by atoms with Crippen molar-refractivity contribution in [3.05, 3.63) is 59.6 Å². The van der Waals surface area contributed by atoms with Gasteiger partial charge in [0.15, 0.2) is 0 Å². The van der Waals surface area contributed by atoms with Gasteiger partial charge < -0.3 is 9.84 Å². The molecule has 116 valence electrons. The summed E-state index contributed by atoms with van der Waals surface area (Å²) < 4.78 is 33.0. The first-order valence-electron chi connectivity index (χ1n) is 6.98. The number of rotatable bonds is 3.